The molecular formula is C17H22ClN3O3S. The molecule has 0 aliphatic carbocycles. The molecule has 0 radical (unpaired) electrons. The van der Waals surface area contributed by atoms with Crippen LogP contribution < -0.4 is 4.72 Å². The highest BCUT2D eigenvalue weighted by atomic mass is 35.5. The third-order valence-electron chi connectivity index (χ3n) is 4.40. The summed E-state index contributed by atoms with van der Waals surface area (Å²) in [7, 11) is -1.62. The van der Waals surface area contributed by atoms with Crippen LogP contribution in [0.4, 0.5) is 0 Å². The molecule has 1 N–H and O–H groups in total. The lowest BCUT2D eigenvalue weighted by Crippen LogP contribution is -2.44. The van der Waals surface area contributed by atoms with Crippen LogP contribution in [0, 0.1) is 0 Å². The van der Waals surface area contributed by atoms with E-state index in [2.05, 4.69) is 9.62 Å². The van der Waals surface area contributed by atoms with Crippen molar-refractivity contribution in [3.05, 3.63) is 53.3 Å². The highest BCUT2D eigenvalue weighted by Crippen LogP contribution is 2.22. The second-order valence-corrected chi connectivity index (χ2v) is 8.22. The molecule has 1 aliphatic rings. The van der Waals surface area contributed by atoms with Crippen LogP contribution in [0.1, 0.15) is 11.7 Å². The maximum Gasteiger partial charge on any atom is 0.240 e. The fraction of sp³-hybridized carbons (Fsp3) is 0.412. The van der Waals surface area contributed by atoms with E-state index in [4.69, 9.17) is 16.3 Å². The normalized spacial score (nSPS) is 17.5. The maximum absolute atomic E-state index is 12.6. The van der Waals surface area contributed by atoms with Crippen molar-refractivity contribution in [3.63, 3.8) is 0 Å². The number of aromatic nitrogens is 1. The molecular weight excluding hydrogens is 362 g/mol. The Labute approximate surface area is 153 Å². The lowest BCUT2D eigenvalue weighted by molar-refractivity contribution is 0.0158. The van der Waals surface area contributed by atoms with Crippen LogP contribution in [0.15, 0.2) is 47.5 Å². The number of halogens is 1. The number of rotatable bonds is 6. The predicted molar refractivity (Wildman–Crippen MR) is 97.2 cm³/mol. The Hall–Kier alpha value is -1.38. The maximum atomic E-state index is 12.6. The first kappa shape index (κ1) is 18.4. The van der Waals surface area contributed by atoms with E-state index in [-0.39, 0.29) is 10.9 Å². The zero-order valence-corrected chi connectivity index (χ0v) is 15.6. The van der Waals surface area contributed by atoms with E-state index >= 15 is 0 Å². The Morgan fingerprint density at radius 1 is 1.20 bits per heavy atom. The molecule has 3 rings (SSSR count). The van der Waals surface area contributed by atoms with Gasteiger partial charge < -0.3 is 9.30 Å². The van der Waals surface area contributed by atoms with Gasteiger partial charge in [-0.05, 0) is 36.4 Å². The van der Waals surface area contributed by atoms with Crippen molar-refractivity contribution in [3.8, 4) is 0 Å². The van der Waals surface area contributed by atoms with Gasteiger partial charge in [0.1, 0.15) is 0 Å². The molecule has 2 aromatic rings. The first-order chi connectivity index (χ1) is 12.0. The third-order valence-corrected chi connectivity index (χ3v) is 6.09. The fourth-order valence-electron chi connectivity index (χ4n) is 3.02. The Morgan fingerprint density at radius 2 is 1.88 bits per heavy atom. The van der Waals surface area contributed by atoms with Gasteiger partial charge in [0.25, 0.3) is 0 Å². The average molecular weight is 384 g/mol. The van der Waals surface area contributed by atoms with Crippen LogP contribution in [0.2, 0.25) is 5.02 Å². The predicted octanol–water partition coefficient (Wildman–Crippen LogP) is 2.03. The molecule has 0 amide bonds. The average Bonchev–Trinajstić information content (AvgIpc) is 3.02. The SMILES string of the molecule is Cn1cccc1C(CNS(=O)(=O)c1ccc(Cl)cc1)N1CCOCC1. The molecule has 1 fully saturated rings. The summed E-state index contributed by atoms with van der Waals surface area (Å²) in [6.45, 7) is 3.16. The number of hydrogen-bond donors (Lipinski definition) is 1. The van der Waals surface area contributed by atoms with Crippen LogP contribution in [-0.2, 0) is 21.8 Å². The number of ether oxygens (including phenoxy) is 1. The molecule has 6 nitrogen and oxygen atoms in total. The molecule has 25 heavy (non-hydrogen) atoms. The van der Waals surface area contributed by atoms with Crippen LogP contribution in [0.3, 0.4) is 0 Å². The summed E-state index contributed by atoms with van der Waals surface area (Å²) in [4.78, 5) is 2.47. The van der Waals surface area contributed by atoms with E-state index in [1.165, 1.54) is 12.1 Å². The summed E-state index contributed by atoms with van der Waals surface area (Å²) in [5, 5.41) is 0.508. The molecule has 1 aromatic carbocycles. The summed E-state index contributed by atoms with van der Waals surface area (Å²) in [5.74, 6) is 0. The van der Waals surface area contributed by atoms with Crippen LogP contribution >= 0.6 is 11.6 Å². The van der Waals surface area contributed by atoms with E-state index < -0.39 is 10.0 Å². The Bertz CT molecular complexity index is 799. The van der Waals surface area contributed by atoms with Gasteiger partial charge in [0.05, 0.1) is 24.2 Å². The second-order valence-electron chi connectivity index (χ2n) is 6.01. The molecule has 1 saturated heterocycles. The van der Waals surface area contributed by atoms with E-state index in [1.54, 1.807) is 12.1 Å². The van der Waals surface area contributed by atoms with E-state index in [0.717, 1.165) is 18.8 Å². The summed E-state index contributed by atoms with van der Waals surface area (Å²) < 4.78 is 35.4. The molecule has 1 aliphatic heterocycles. The molecule has 0 spiro atoms. The van der Waals surface area contributed by atoms with Crippen molar-refractivity contribution in [1.29, 1.82) is 0 Å². The number of nitrogens with zero attached hydrogens (tertiary/aromatic N) is 2. The molecule has 0 saturated carbocycles. The molecule has 1 aromatic heterocycles. The lowest BCUT2D eigenvalue weighted by Gasteiger charge is -2.34. The molecule has 0 bridgehead atoms. The molecule has 1 unspecified atom stereocenters. The first-order valence-electron chi connectivity index (χ1n) is 8.15. The zero-order chi connectivity index (χ0) is 17.9. The quantitative estimate of drug-likeness (QED) is 0.829. The topological polar surface area (TPSA) is 63.6 Å². The standard InChI is InChI=1S/C17H22ClN3O3S/c1-20-8-2-3-16(20)17(21-9-11-24-12-10-21)13-19-25(22,23)15-6-4-14(18)5-7-15/h2-8,17,19H,9-13H2,1H3. The number of morpholine rings is 1. The van der Waals surface area contributed by atoms with Gasteiger partial charge in [-0.1, -0.05) is 11.6 Å². The minimum atomic E-state index is -3.59. The summed E-state index contributed by atoms with van der Waals surface area (Å²) in [6, 6.07) is 10.1. The Balaban J connectivity index is 1.78. The first-order valence-corrected chi connectivity index (χ1v) is 10.0. The van der Waals surface area contributed by atoms with Crippen molar-refractivity contribution < 1.29 is 13.2 Å². The van der Waals surface area contributed by atoms with Gasteiger partial charge in [0, 0.05) is 43.6 Å². The number of nitrogens with one attached hydrogen (secondary N) is 1. The third kappa shape index (κ3) is 4.43. The smallest absolute Gasteiger partial charge is 0.240 e. The van der Waals surface area contributed by atoms with Crippen molar-refractivity contribution >= 4 is 21.6 Å². The second kappa shape index (κ2) is 7.88. The molecule has 2 heterocycles. The highest BCUT2D eigenvalue weighted by molar-refractivity contribution is 7.89. The van der Waals surface area contributed by atoms with Crippen LogP contribution in [-0.4, -0.2) is 50.7 Å². The monoisotopic (exact) mass is 383 g/mol. The largest absolute Gasteiger partial charge is 0.379 e. The minimum absolute atomic E-state index is 0.0500. The highest BCUT2D eigenvalue weighted by Gasteiger charge is 2.26. The number of aryl methyl sites for hydroxylation is 1. The molecule has 1 atom stereocenters. The van der Waals surface area contributed by atoms with Gasteiger partial charge >= 0.3 is 0 Å². The van der Waals surface area contributed by atoms with Gasteiger partial charge in [0.15, 0.2) is 0 Å². The summed E-state index contributed by atoms with van der Waals surface area (Å²) >= 11 is 5.84. The van der Waals surface area contributed by atoms with Crippen molar-refractivity contribution in [2.75, 3.05) is 32.8 Å². The fourth-order valence-corrected chi connectivity index (χ4v) is 4.18. The van der Waals surface area contributed by atoms with Gasteiger partial charge in [-0.3, -0.25) is 4.90 Å². The van der Waals surface area contributed by atoms with Crippen LogP contribution in [0.25, 0.3) is 0 Å². The van der Waals surface area contributed by atoms with E-state index in [0.29, 0.717) is 24.8 Å². The van der Waals surface area contributed by atoms with Crippen LogP contribution in [0.5, 0.6) is 0 Å². The molecule has 8 heteroatoms. The number of hydrogen-bond acceptors (Lipinski definition) is 4. The van der Waals surface area contributed by atoms with Gasteiger partial charge in [0.2, 0.25) is 10.0 Å². The minimum Gasteiger partial charge on any atom is -0.379 e. The van der Waals surface area contributed by atoms with Gasteiger partial charge in [-0.25, -0.2) is 13.1 Å². The lowest BCUT2D eigenvalue weighted by atomic mass is 10.1. The van der Waals surface area contributed by atoms with E-state index in [1.807, 2.05) is 29.9 Å². The Kier molecular flexibility index (Phi) is 5.81. The molecule has 136 valence electrons. The Morgan fingerprint density at radius 3 is 2.48 bits per heavy atom. The number of sulfonamides is 1. The van der Waals surface area contributed by atoms with E-state index in [9.17, 15) is 8.42 Å². The van der Waals surface area contributed by atoms with Gasteiger partial charge in [-0.15, -0.1) is 0 Å². The zero-order valence-electron chi connectivity index (χ0n) is 14.1. The van der Waals surface area contributed by atoms with Crippen molar-refractivity contribution in [2.24, 2.45) is 7.05 Å². The number of benzene rings is 1. The van der Waals surface area contributed by atoms with Gasteiger partial charge in [-0.2, -0.15) is 0 Å². The summed E-state index contributed by atoms with van der Waals surface area (Å²) in [5.41, 5.74) is 1.07. The summed E-state index contributed by atoms with van der Waals surface area (Å²) in [6.07, 6.45) is 1.97. The van der Waals surface area contributed by atoms with Crippen molar-refractivity contribution in [1.82, 2.24) is 14.2 Å². The van der Waals surface area contributed by atoms with Crippen molar-refractivity contribution in [2.45, 2.75) is 10.9 Å².